The number of ether oxygens (including phenoxy) is 1. The number of carboxylic acids is 1. The molecule has 0 aliphatic carbocycles. The average molecular weight is 434 g/mol. The van der Waals surface area contributed by atoms with Crippen molar-refractivity contribution >= 4 is 11.9 Å². The molecule has 0 aromatic heterocycles. The number of aliphatic carboxylic acids is 1. The SMILES string of the molecule is CCCCCCCCCCCCCCCC(=O)NC(Cc1ccc(OC)cc1)C(=O)O. The molecule has 0 heterocycles. The van der Waals surface area contributed by atoms with Crippen LogP contribution in [0.5, 0.6) is 5.75 Å². The second-order valence-electron chi connectivity index (χ2n) is 8.50. The van der Waals surface area contributed by atoms with E-state index in [2.05, 4.69) is 12.2 Å². The molecule has 0 spiro atoms. The van der Waals surface area contributed by atoms with Crippen LogP contribution in [0.4, 0.5) is 0 Å². The van der Waals surface area contributed by atoms with E-state index in [0.717, 1.165) is 30.6 Å². The zero-order valence-electron chi connectivity index (χ0n) is 19.7. The van der Waals surface area contributed by atoms with Gasteiger partial charge in [0.1, 0.15) is 11.8 Å². The van der Waals surface area contributed by atoms with Crippen molar-refractivity contribution in [3.63, 3.8) is 0 Å². The van der Waals surface area contributed by atoms with Gasteiger partial charge in [0.2, 0.25) is 5.91 Å². The lowest BCUT2D eigenvalue weighted by Crippen LogP contribution is -2.42. The summed E-state index contributed by atoms with van der Waals surface area (Å²) in [6.07, 6.45) is 17.0. The number of hydrogen-bond donors (Lipinski definition) is 2. The molecular formula is C26H43NO4. The van der Waals surface area contributed by atoms with Crippen molar-refractivity contribution in [2.24, 2.45) is 0 Å². The van der Waals surface area contributed by atoms with Crippen LogP contribution in [0.2, 0.25) is 0 Å². The minimum absolute atomic E-state index is 0.177. The zero-order chi connectivity index (χ0) is 22.7. The van der Waals surface area contributed by atoms with E-state index in [-0.39, 0.29) is 12.3 Å². The van der Waals surface area contributed by atoms with E-state index in [1.807, 2.05) is 12.1 Å². The Morgan fingerprint density at radius 3 is 1.77 bits per heavy atom. The zero-order valence-corrected chi connectivity index (χ0v) is 19.7. The van der Waals surface area contributed by atoms with Crippen LogP contribution in [-0.2, 0) is 16.0 Å². The van der Waals surface area contributed by atoms with Gasteiger partial charge < -0.3 is 15.2 Å². The standard InChI is InChI=1S/C26H43NO4/c1-3-4-5-6-7-8-9-10-11-12-13-14-15-16-25(28)27-24(26(29)30)21-22-17-19-23(31-2)20-18-22/h17-20,24H,3-16,21H2,1-2H3,(H,27,28)(H,29,30). The molecule has 1 amide bonds. The van der Waals surface area contributed by atoms with E-state index in [1.165, 1.54) is 64.2 Å². The van der Waals surface area contributed by atoms with E-state index in [0.29, 0.717) is 6.42 Å². The number of benzene rings is 1. The van der Waals surface area contributed by atoms with Crippen LogP contribution in [0.15, 0.2) is 24.3 Å². The molecule has 1 rings (SSSR count). The highest BCUT2D eigenvalue weighted by molar-refractivity contribution is 5.83. The molecule has 0 saturated carbocycles. The lowest BCUT2D eigenvalue weighted by molar-refractivity contribution is -0.141. The second kappa shape index (κ2) is 17.6. The smallest absolute Gasteiger partial charge is 0.326 e. The predicted molar refractivity (Wildman–Crippen MR) is 127 cm³/mol. The van der Waals surface area contributed by atoms with Crippen LogP contribution in [0.25, 0.3) is 0 Å². The molecule has 2 N–H and O–H groups in total. The fraction of sp³-hybridized carbons (Fsp3) is 0.692. The molecule has 176 valence electrons. The molecule has 0 saturated heterocycles. The van der Waals surface area contributed by atoms with E-state index in [4.69, 9.17) is 4.74 Å². The third-order valence-electron chi connectivity index (χ3n) is 5.74. The summed E-state index contributed by atoms with van der Waals surface area (Å²) >= 11 is 0. The highest BCUT2D eigenvalue weighted by atomic mass is 16.5. The fourth-order valence-corrected chi connectivity index (χ4v) is 3.77. The Hall–Kier alpha value is -2.04. The van der Waals surface area contributed by atoms with Gasteiger partial charge in [0.15, 0.2) is 0 Å². The molecule has 1 aromatic rings. The van der Waals surface area contributed by atoms with Crippen LogP contribution >= 0.6 is 0 Å². The molecule has 0 aliphatic heterocycles. The van der Waals surface area contributed by atoms with Crippen LogP contribution < -0.4 is 10.1 Å². The van der Waals surface area contributed by atoms with Crippen molar-refractivity contribution in [1.82, 2.24) is 5.32 Å². The Balaban J connectivity index is 2.08. The first-order chi connectivity index (χ1) is 15.1. The van der Waals surface area contributed by atoms with Gasteiger partial charge in [0, 0.05) is 12.8 Å². The minimum Gasteiger partial charge on any atom is -0.497 e. The lowest BCUT2D eigenvalue weighted by atomic mass is 10.0. The maximum absolute atomic E-state index is 12.2. The first-order valence-corrected chi connectivity index (χ1v) is 12.2. The second-order valence-corrected chi connectivity index (χ2v) is 8.50. The summed E-state index contributed by atoms with van der Waals surface area (Å²) in [6.45, 7) is 2.25. The van der Waals surface area contributed by atoms with Gasteiger partial charge in [-0.15, -0.1) is 0 Å². The van der Waals surface area contributed by atoms with Gasteiger partial charge in [-0.25, -0.2) is 4.79 Å². The predicted octanol–water partition coefficient (Wildman–Crippen LogP) is 6.29. The normalized spacial score (nSPS) is 11.8. The van der Waals surface area contributed by atoms with Gasteiger partial charge in [0.25, 0.3) is 0 Å². The van der Waals surface area contributed by atoms with Gasteiger partial charge >= 0.3 is 5.97 Å². The van der Waals surface area contributed by atoms with Gasteiger partial charge in [-0.05, 0) is 24.1 Å². The lowest BCUT2D eigenvalue weighted by Gasteiger charge is -2.15. The van der Waals surface area contributed by atoms with Crippen molar-refractivity contribution in [2.75, 3.05) is 7.11 Å². The number of carboxylic acid groups (broad SMARTS) is 1. The summed E-state index contributed by atoms with van der Waals surface area (Å²) in [5.74, 6) is -0.458. The number of rotatable bonds is 19. The van der Waals surface area contributed by atoms with Crippen LogP contribution in [0.3, 0.4) is 0 Å². The summed E-state index contributed by atoms with van der Waals surface area (Å²) in [7, 11) is 1.59. The summed E-state index contributed by atoms with van der Waals surface area (Å²) in [5, 5.41) is 12.1. The number of methoxy groups -OCH3 is 1. The largest absolute Gasteiger partial charge is 0.497 e. The summed E-state index contributed by atoms with van der Waals surface area (Å²) < 4.78 is 5.11. The molecule has 5 heteroatoms. The van der Waals surface area contributed by atoms with Crippen molar-refractivity contribution in [3.05, 3.63) is 29.8 Å². The number of amides is 1. The topological polar surface area (TPSA) is 75.6 Å². The fourth-order valence-electron chi connectivity index (χ4n) is 3.77. The monoisotopic (exact) mass is 433 g/mol. The van der Waals surface area contributed by atoms with Crippen molar-refractivity contribution in [2.45, 2.75) is 109 Å². The Kier molecular flexibility index (Phi) is 15.3. The molecule has 0 bridgehead atoms. The number of carbonyl (C=O) groups is 2. The van der Waals surface area contributed by atoms with E-state index >= 15 is 0 Å². The average Bonchev–Trinajstić information content (AvgIpc) is 2.77. The molecule has 1 aromatic carbocycles. The van der Waals surface area contributed by atoms with Crippen molar-refractivity contribution in [1.29, 1.82) is 0 Å². The van der Waals surface area contributed by atoms with Gasteiger partial charge in [0.05, 0.1) is 7.11 Å². The number of hydrogen-bond acceptors (Lipinski definition) is 3. The third-order valence-corrected chi connectivity index (χ3v) is 5.74. The molecular weight excluding hydrogens is 390 g/mol. The molecule has 0 fully saturated rings. The molecule has 31 heavy (non-hydrogen) atoms. The molecule has 5 nitrogen and oxygen atoms in total. The van der Waals surface area contributed by atoms with Gasteiger partial charge in [-0.3, -0.25) is 4.79 Å². The Labute approximate surface area is 189 Å². The Morgan fingerprint density at radius 2 is 1.32 bits per heavy atom. The van der Waals surface area contributed by atoms with Crippen LogP contribution in [0.1, 0.15) is 102 Å². The minimum atomic E-state index is -1.01. The highest BCUT2D eigenvalue weighted by Gasteiger charge is 2.20. The van der Waals surface area contributed by atoms with Gasteiger partial charge in [-0.1, -0.05) is 96.1 Å². The van der Waals surface area contributed by atoms with Gasteiger partial charge in [-0.2, -0.15) is 0 Å². The van der Waals surface area contributed by atoms with Crippen LogP contribution in [0, 0.1) is 0 Å². The first-order valence-electron chi connectivity index (χ1n) is 12.2. The Bertz CT molecular complexity index is 600. The summed E-state index contributed by atoms with van der Waals surface area (Å²) in [4.78, 5) is 23.7. The van der Waals surface area contributed by atoms with Crippen LogP contribution in [-0.4, -0.2) is 30.1 Å². The molecule has 1 atom stereocenters. The Morgan fingerprint density at radius 1 is 0.839 bits per heavy atom. The van der Waals surface area contributed by atoms with Crippen molar-refractivity contribution in [3.8, 4) is 5.75 Å². The van der Waals surface area contributed by atoms with E-state index in [9.17, 15) is 14.7 Å². The number of nitrogens with one attached hydrogen (secondary N) is 1. The molecule has 0 aliphatic rings. The highest BCUT2D eigenvalue weighted by Crippen LogP contribution is 2.14. The molecule has 1 unspecified atom stereocenters. The number of unbranched alkanes of at least 4 members (excludes halogenated alkanes) is 12. The van der Waals surface area contributed by atoms with Crippen molar-refractivity contribution < 1.29 is 19.4 Å². The maximum atomic E-state index is 12.2. The maximum Gasteiger partial charge on any atom is 0.326 e. The molecule has 0 radical (unpaired) electrons. The van der Waals surface area contributed by atoms with E-state index in [1.54, 1.807) is 19.2 Å². The third kappa shape index (κ3) is 13.8. The first kappa shape index (κ1) is 27.0. The quantitative estimate of drug-likeness (QED) is 0.251. The summed E-state index contributed by atoms with van der Waals surface area (Å²) in [6, 6.07) is 6.34. The number of carbonyl (C=O) groups excluding carboxylic acids is 1. The van der Waals surface area contributed by atoms with E-state index < -0.39 is 12.0 Å². The summed E-state index contributed by atoms with van der Waals surface area (Å²) in [5.41, 5.74) is 0.856.